The number of aliphatic hydroxyl groups excluding tert-OH is 1. The third-order valence-corrected chi connectivity index (χ3v) is 4.24. The van der Waals surface area contributed by atoms with E-state index in [1.165, 1.54) is 5.56 Å². The fourth-order valence-electron chi connectivity index (χ4n) is 3.10. The lowest BCUT2D eigenvalue weighted by molar-refractivity contribution is -0.179. The van der Waals surface area contributed by atoms with Crippen LogP contribution in [0.4, 0.5) is 0 Å². The number of ether oxygens (including phenoxy) is 2. The molecule has 1 heterocycles. The first-order valence-corrected chi connectivity index (χ1v) is 6.60. The molecule has 2 aliphatic rings. The number of rotatable bonds is 1. The highest BCUT2D eigenvalue weighted by atomic mass is 16.7. The molecule has 0 saturated carbocycles. The summed E-state index contributed by atoms with van der Waals surface area (Å²) in [5.74, 6) is -0.559. The van der Waals surface area contributed by atoms with Crippen molar-refractivity contribution in [2.75, 3.05) is 13.2 Å². The molecule has 1 spiro atoms. The predicted octanol–water partition coefficient (Wildman–Crippen LogP) is 2.45. The van der Waals surface area contributed by atoms with E-state index in [0.29, 0.717) is 13.2 Å². The SMILES string of the molecule is CC1(C)CCC2(OCCO2)c2cc(CO)ccc21. The first-order valence-electron chi connectivity index (χ1n) is 6.60. The van der Waals surface area contributed by atoms with Crippen LogP contribution in [0.15, 0.2) is 18.2 Å². The maximum atomic E-state index is 9.32. The van der Waals surface area contributed by atoms with Gasteiger partial charge < -0.3 is 14.6 Å². The molecular weight excluding hydrogens is 228 g/mol. The summed E-state index contributed by atoms with van der Waals surface area (Å²) in [7, 11) is 0. The van der Waals surface area contributed by atoms with Gasteiger partial charge in [0.05, 0.1) is 19.8 Å². The van der Waals surface area contributed by atoms with Crippen molar-refractivity contribution in [2.45, 2.75) is 44.5 Å². The van der Waals surface area contributed by atoms with E-state index in [9.17, 15) is 5.11 Å². The standard InChI is InChI=1S/C15H20O3/c1-14(2)5-6-15(17-7-8-18-15)13-9-11(10-16)3-4-12(13)14/h3-4,9,16H,5-8,10H2,1-2H3. The Bertz CT molecular complexity index is 459. The molecule has 0 atom stereocenters. The van der Waals surface area contributed by atoms with Crippen LogP contribution < -0.4 is 0 Å². The highest BCUT2D eigenvalue weighted by Crippen LogP contribution is 2.49. The monoisotopic (exact) mass is 248 g/mol. The maximum Gasteiger partial charge on any atom is 0.195 e. The highest BCUT2D eigenvalue weighted by molar-refractivity contribution is 5.42. The van der Waals surface area contributed by atoms with Gasteiger partial charge in [-0.05, 0) is 29.0 Å². The average Bonchev–Trinajstić information content (AvgIpc) is 2.84. The number of fused-ring (bicyclic) bond motifs is 2. The van der Waals surface area contributed by atoms with E-state index in [1.54, 1.807) is 0 Å². The van der Waals surface area contributed by atoms with Crippen LogP contribution in [0, 0.1) is 0 Å². The van der Waals surface area contributed by atoms with Crippen molar-refractivity contribution >= 4 is 0 Å². The summed E-state index contributed by atoms with van der Waals surface area (Å²) < 4.78 is 11.8. The molecule has 18 heavy (non-hydrogen) atoms. The van der Waals surface area contributed by atoms with Crippen LogP contribution in [0.1, 0.15) is 43.4 Å². The topological polar surface area (TPSA) is 38.7 Å². The number of hydrogen-bond acceptors (Lipinski definition) is 3. The molecule has 1 aliphatic heterocycles. The Kier molecular flexibility index (Phi) is 2.73. The zero-order chi connectivity index (χ0) is 12.8. The molecule has 3 rings (SSSR count). The molecule has 1 fully saturated rings. The lowest BCUT2D eigenvalue weighted by atomic mass is 9.70. The molecule has 1 aliphatic carbocycles. The largest absolute Gasteiger partial charge is 0.392 e. The van der Waals surface area contributed by atoms with Gasteiger partial charge in [0, 0.05) is 12.0 Å². The summed E-state index contributed by atoms with van der Waals surface area (Å²) in [4.78, 5) is 0. The molecule has 1 aromatic carbocycles. The highest BCUT2D eigenvalue weighted by Gasteiger charge is 2.47. The van der Waals surface area contributed by atoms with E-state index in [0.717, 1.165) is 24.0 Å². The molecule has 3 nitrogen and oxygen atoms in total. The third kappa shape index (κ3) is 1.69. The first-order chi connectivity index (χ1) is 8.57. The van der Waals surface area contributed by atoms with Gasteiger partial charge in [0.15, 0.2) is 5.79 Å². The lowest BCUT2D eigenvalue weighted by Gasteiger charge is -2.42. The normalized spacial score (nSPS) is 24.2. The van der Waals surface area contributed by atoms with Crippen LogP contribution >= 0.6 is 0 Å². The van der Waals surface area contributed by atoms with E-state index in [1.807, 2.05) is 12.1 Å². The molecule has 98 valence electrons. The van der Waals surface area contributed by atoms with Gasteiger partial charge in [-0.25, -0.2) is 0 Å². The Morgan fingerprint density at radius 3 is 2.50 bits per heavy atom. The second-order valence-electron chi connectivity index (χ2n) is 5.87. The van der Waals surface area contributed by atoms with E-state index in [-0.39, 0.29) is 12.0 Å². The smallest absolute Gasteiger partial charge is 0.195 e. The second kappa shape index (κ2) is 4.05. The number of hydrogen-bond donors (Lipinski definition) is 1. The zero-order valence-electron chi connectivity index (χ0n) is 11.0. The number of aliphatic hydroxyl groups is 1. The van der Waals surface area contributed by atoms with E-state index in [2.05, 4.69) is 19.9 Å². The number of benzene rings is 1. The molecule has 1 saturated heterocycles. The maximum absolute atomic E-state index is 9.32. The van der Waals surface area contributed by atoms with Crippen molar-refractivity contribution in [3.63, 3.8) is 0 Å². The van der Waals surface area contributed by atoms with E-state index in [4.69, 9.17) is 9.47 Å². The molecule has 0 unspecified atom stereocenters. The second-order valence-corrected chi connectivity index (χ2v) is 5.87. The van der Waals surface area contributed by atoms with Crippen molar-refractivity contribution < 1.29 is 14.6 Å². The predicted molar refractivity (Wildman–Crippen MR) is 68.2 cm³/mol. The van der Waals surface area contributed by atoms with E-state index < -0.39 is 5.79 Å². The average molecular weight is 248 g/mol. The van der Waals surface area contributed by atoms with E-state index >= 15 is 0 Å². The van der Waals surface area contributed by atoms with Gasteiger partial charge in [0.2, 0.25) is 0 Å². The Hall–Kier alpha value is -0.900. The van der Waals surface area contributed by atoms with Crippen LogP contribution in [0.25, 0.3) is 0 Å². The van der Waals surface area contributed by atoms with Crippen LogP contribution in [-0.4, -0.2) is 18.3 Å². The Labute approximate surface area is 108 Å². The van der Waals surface area contributed by atoms with Gasteiger partial charge in [0.1, 0.15) is 0 Å². The van der Waals surface area contributed by atoms with Crippen LogP contribution in [0.2, 0.25) is 0 Å². The lowest BCUT2D eigenvalue weighted by Crippen LogP contribution is -2.38. The van der Waals surface area contributed by atoms with Gasteiger partial charge in [-0.2, -0.15) is 0 Å². The minimum absolute atomic E-state index is 0.0593. The fourth-order valence-corrected chi connectivity index (χ4v) is 3.10. The molecule has 0 aromatic heterocycles. The molecule has 1 aromatic rings. The minimum Gasteiger partial charge on any atom is -0.392 e. The van der Waals surface area contributed by atoms with Gasteiger partial charge in [0.25, 0.3) is 0 Å². The van der Waals surface area contributed by atoms with Crippen LogP contribution in [0.3, 0.4) is 0 Å². The van der Waals surface area contributed by atoms with Gasteiger partial charge in [-0.3, -0.25) is 0 Å². The summed E-state index contributed by atoms with van der Waals surface area (Å²) in [6, 6.07) is 6.16. The minimum atomic E-state index is -0.559. The molecule has 0 amide bonds. The molecule has 3 heteroatoms. The summed E-state index contributed by atoms with van der Waals surface area (Å²) in [6.07, 6.45) is 1.94. The molecule has 1 N–H and O–H groups in total. The zero-order valence-corrected chi connectivity index (χ0v) is 11.0. The van der Waals surface area contributed by atoms with Gasteiger partial charge in [-0.1, -0.05) is 26.0 Å². The molecular formula is C15H20O3. The van der Waals surface area contributed by atoms with Crippen molar-refractivity contribution in [1.29, 1.82) is 0 Å². The summed E-state index contributed by atoms with van der Waals surface area (Å²) in [6.45, 7) is 5.88. The Morgan fingerprint density at radius 2 is 1.83 bits per heavy atom. The summed E-state index contributed by atoms with van der Waals surface area (Å²) >= 11 is 0. The van der Waals surface area contributed by atoms with Crippen molar-refractivity contribution in [3.05, 3.63) is 34.9 Å². The van der Waals surface area contributed by atoms with Crippen LogP contribution in [-0.2, 0) is 27.3 Å². The fraction of sp³-hybridized carbons (Fsp3) is 0.600. The molecule has 0 bridgehead atoms. The van der Waals surface area contributed by atoms with Gasteiger partial charge >= 0.3 is 0 Å². The van der Waals surface area contributed by atoms with Crippen molar-refractivity contribution in [2.24, 2.45) is 0 Å². The summed E-state index contributed by atoms with van der Waals surface area (Å²) in [5, 5.41) is 9.32. The Balaban J connectivity index is 2.16. The Morgan fingerprint density at radius 1 is 1.11 bits per heavy atom. The quantitative estimate of drug-likeness (QED) is 0.829. The third-order valence-electron chi connectivity index (χ3n) is 4.24. The van der Waals surface area contributed by atoms with Gasteiger partial charge in [-0.15, -0.1) is 0 Å². The van der Waals surface area contributed by atoms with Crippen LogP contribution in [0.5, 0.6) is 0 Å². The summed E-state index contributed by atoms with van der Waals surface area (Å²) in [5.41, 5.74) is 3.46. The van der Waals surface area contributed by atoms with Crippen molar-refractivity contribution in [3.8, 4) is 0 Å². The van der Waals surface area contributed by atoms with Crippen molar-refractivity contribution in [1.82, 2.24) is 0 Å². The first kappa shape index (κ1) is 12.2. The molecule has 0 radical (unpaired) electrons.